The largest absolute Gasteiger partial charge is 0.378 e. The van der Waals surface area contributed by atoms with Crippen LogP contribution in [-0.2, 0) is 11.2 Å². The van der Waals surface area contributed by atoms with Crippen molar-refractivity contribution in [1.82, 2.24) is 19.9 Å². The lowest BCUT2D eigenvalue weighted by Crippen LogP contribution is -2.45. The average molecular weight is 459 g/mol. The average Bonchev–Trinajstić information content (AvgIpc) is 3.12. The molecular formula is C27H34N6O. The van der Waals surface area contributed by atoms with Crippen molar-refractivity contribution in [2.24, 2.45) is 5.92 Å². The van der Waals surface area contributed by atoms with Crippen LogP contribution in [0.5, 0.6) is 0 Å². The summed E-state index contributed by atoms with van der Waals surface area (Å²) in [5.74, 6) is 2.67. The van der Waals surface area contributed by atoms with Gasteiger partial charge in [0.05, 0.1) is 13.2 Å². The number of morpholine rings is 1. The van der Waals surface area contributed by atoms with E-state index < -0.39 is 0 Å². The second-order valence-electron chi connectivity index (χ2n) is 9.97. The smallest absolute Gasteiger partial charge is 0.134 e. The highest BCUT2D eigenvalue weighted by Gasteiger charge is 2.40. The predicted octanol–water partition coefficient (Wildman–Crippen LogP) is 3.76. The van der Waals surface area contributed by atoms with Crippen molar-refractivity contribution in [3.63, 3.8) is 0 Å². The molecule has 1 aromatic carbocycles. The van der Waals surface area contributed by atoms with Crippen LogP contribution in [0.25, 0.3) is 10.8 Å². The molecule has 0 radical (unpaired) electrons. The maximum atomic E-state index is 5.46. The zero-order chi connectivity index (χ0) is 22.7. The fourth-order valence-corrected chi connectivity index (χ4v) is 6.29. The normalized spacial score (nSPS) is 25.1. The molecule has 0 spiro atoms. The zero-order valence-corrected chi connectivity index (χ0v) is 19.8. The number of ether oxygens (including phenoxy) is 1. The molecule has 0 aliphatic carbocycles. The van der Waals surface area contributed by atoms with E-state index in [9.17, 15) is 0 Å². The van der Waals surface area contributed by atoms with Crippen LogP contribution < -0.4 is 10.2 Å². The number of nitrogens with zero attached hydrogens (tertiary/aromatic N) is 5. The highest BCUT2D eigenvalue weighted by atomic mass is 16.5. The van der Waals surface area contributed by atoms with E-state index in [1.807, 2.05) is 6.20 Å². The van der Waals surface area contributed by atoms with E-state index in [0.29, 0.717) is 12.1 Å². The van der Waals surface area contributed by atoms with Gasteiger partial charge >= 0.3 is 0 Å². The fraction of sp³-hybridized carbons (Fsp3) is 0.519. The topological polar surface area (TPSA) is 66.4 Å². The molecule has 0 saturated carbocycles. The lowest BCUT2D eigenvalue weighted by molar-refractivity contribution is 0.108. The molecule has 34 heavy (non-hydrogen) atoms. The molecule has 3 aliphatic rings. The van der Waals surface area contributed by atoms with E-state index in [2.05, 4.69) is 66.6 Å². The number of aromatic nitrogens is 3. The highest BCUT2D eigenvalue weighted by molar-refractivity contribution is 5.84. The number of anilines is 2. The summed E-state index contributed by atoms with van der Waals surface area (Å²) in [6.07, 6.45) is 12.2. The van der Waals surface area contributed by atoms with E-state index in [-0.39, 0.29) is 0 Å². The number of fused-ring (bicyclic) bond motifs is 3. The van der Waals surface area contributed by atoms with Gasteiger partial charge in [0, 0.05) is 62.1 Å². The monoisotopic (exact) mass is 458 g/mol. The van der Waals surface area contributed by atoms with Gasteiger partial charge in [0.1, 0.15) is 18.0 Å². The summed E-state index contributed by atoms with van der Waals surface area (Å²) < 4.78 is 5.46. The molecule has 2 bridgehead atoms. The third kappa shape index (κ3) is 4.59. The number of benzene rings is 1. The van der Waals surface area contributed by atoms with Gasteiger partial charge in [-0.05, 0) is 49.0 Å². The number of rotatable bonds is 7. The van der Waals surface area contributed by atoms with E-state index in [4.69, 9.17) is 4.74 Å². The summed E-state index contributed by atoms with van der Waals surface area (Å²) in [4.78, 5) is 18.5. The maximum Gasteiger partial charge on any atom is 0.134 e. The number of nitrogens with one attached hydrogen (secondary N) is 1. The van der Waals surface area contributed by atoms with E-state index in [0.717, 1.165) is 63.4 Å². The van der Waals surface area contributed by atoms with Gasteiger partial charge in [0.15, 0.2) is 0 Å². The van der Waals surface area contributed by atoms with Crippen molar-refractivity contribution in [1.29, 1.82) is 0 Å². The first kappa shape index (κ1) is 21.7. The second kappa shape index (κ2) is 9.84. The Balaban J connectivity index is 1.04. The van der Waals surface area contributed by atoms with Crippen LogP contribution in [0, 0.1) is 5.92 Å². The molecule has 7 nitrogen and oxygen atoms in total. The Morgan fingerprint density at radius 1 is 1.00 bits per heavy atom. The van der Waals surface area contributed by atoms with Crippen molar-refractivity contribution in [2.45, 2.75) is 44.2 Å². The Labute approximate surface area is 201 Å². The van der Waals surface area contributed by atoms with Crippen LogP contribution in [0.4, 0.5) is 11.6 Å². The number of piperidine rings is 1. The standard InChI is InChI=1S/C27H34N6O/c1-2-4-25-21(3-1)17-28-18-22(25)13-20-14-23-5-6-24(15-20)33(23)8-7-29-26-16-27(31-19-30-26)32-9-11-34-12-10-32/h1-4,16-20,23-24H,5-15H2,(H,29,30,31). The third-order valence-electron chi connectivity index (χ3n) is 7.91. The zero-order valence-electron chi connectivity index (χ0n) is 19.8. The van der Waals surface area contributed by atoms with Gasteiger partial charge in [0.25, 0.3) is 0 Å². The Bertz CT molecular complexity index is 1100. The van der Waals surface area contributed by atoms with Crippen LogP contribution >= 0.6 is 0 Å². The SMILES string of the molecule is c1ccc2c(CC3CC4CCC(C3)N4CCNc3cc(N4CCOCC4)ncn3)cncc2c1. The summed E-state index contributed by atoms with van der Waals surface area (Å²) in [6.45, 7) is 5.32. The van der Waals surface area contributed by atoms with E-state index >= 15 is 0 Å². The molecule has 3 fully saturated rings. The summed E-state index contributed by atoms with van der Waals surface area (Å²) >= 11 is 0. The molecule has 2 unspecified atom stereocenters. The molecule has 0 amide bonds. The molecule has 3 aliphatic heterocycles. The van der Waals surface area contributed by atoms with Gasteiger partial charge in [0.2, 0.25) is 0 Å². The second-order valence-corrected chi connectivity index (χ2v) is 9.97. The quantitative estimate of drug-likeness (QED) is 0.578. The van der Waals surface area contributed by atoms with Gasteiger partial charge in [-0.25, -0.2) is 9.97 Å². The Morgan fingerprint density at radius 3 is 2.68 bits per heavy atom. The maximum absolute atomic E-state index is 5.46. The van der Waals surface area contributed by atoms with Crippen molar-refractivity contribution in [3.05, 3.63) is 54.6 Å². The summed E-state index contributed by atoms with van der Waals surface area (Å²) in [5, 5.41) is 6.18. The molecule has 1 N–H and O–H groups in total. The summed E-state index contributed by atoms with van der Waals surface area (Å²) in [5.41, 5.74) is 1.41. The number of pyridine rings is 1. The first-order valence-electron chi connectivity index (χ1n) is 12.8. The Morgan fingerprint density at radius 2 is 1.82 bits per heavy atom. The van der Waals surface area contributed by atoms with Crippen molar-refractivity contribution < 1.29 is 4.74 Å². The minimum atomic E-state index is 0.711. The Hall–Kier alpha value is -2.77. The van der Waals surface area contributed by atoms with E-state index in [1.165, 1.54) is 42.0 Å². The fourth-order valence-electron chi connectivity index (χ4n) is 6.29. The van der Waals surface area contributed by atoms with Gasteiger partial charge in [-0.3, -0.25) is 9.88 Å². The molecule has 7 heteroatoms. The molecule has 5 heterocycles. The van der Waals surface area contributed by atoms with Gasteiger partial charge in [-0.2, -0.15) is 0 Å². The lowest BCUT2D eigenvalue weighted by Gasteiger charge is -2.39. The molecular weight excluding hydrogens is 424 g/mol. The number of hydrogen-bond acceptors (Lipinski definition) is 7. The Kier molecular flexibility index (Phi) is 6.29. The van der Waals surface area contributed by atoms with Crippen LogP contribution in [0.15, 0.2) is 49.1 Å². The molecule has 3 saturated heterocycles. The predicted molar refractivity (Wildman–Crippen MR) is 135 cm³/mol. The third-order valence-corrected chi connectivity index (χ3v) is 7.91. The first-order chi connectivity index (χ1) is 16.8. The van der Waals surface area contributed by atoms with Crippen molar-refractivity contribution in [3.8, 4) is 0 Å². The van der Waals surface area contributed by atoms with Crippen molar-refractivity contribution >= 4 is 22.4 Å². The minimum absolute atomic E-state index is 0.711. The van der Waals surface area contributed by atoms with Gasteiger partial charge < -0.3 is 15.0 Å². The van der Waals surface area contributed by atoms with Crippen LogP contribution in [-0.4, -0.2) is 71.3 Å². The summed E-state index contributed by atoms with van der Waals surface area (Å²) in [7, 11) is 0. The van der Waals surface area contributed by atoms with Gasteiger partial charge in [-0.1, -0.05) is 24.3 Å². The number of hydrogen-bond donors (Lipinski definition) is 1. The highest BCUT2D eigenvalue weighted by Crippen LogP contribution is 2.40. The van der Waals surface area contributed by atoms with Gasteiger partial charge in [-0.15, -0.1) is 0 Å². The van der Waals surface area contributed by atoms with Crippen molar-refractivity contribution in [2.75, 3.05) is 49.6 Å². The molecule has 6 rings (SSSR count). The van der Waals surface area contributed by atoms with Crippen LogP contribution in [0.1, 0.15) is 31.2 Å². The van der Waals surface area contributed by atoms with E-state index in [1.54, 1.807) is 6.33 Å². The minimum Gasteiger partial charge on any atom is -0.378 e. The van der Waals surface area contributed by atoms with Crippen LogP contribution in [0.3, 0.4) is 0 Å². The molecule has 178 valence electrons. The molecule has 2 aromatic heterocycles. The summed E-state index contributed by atoms with van der Waals surface area (Å²) in [6, 6.07) is 12.2. The lowest BCUT2D eigenvalue weighted by atomic mass is 9.85. The van der Waals surface area contributed by atoms with Crippen LogP contribution in [0.2, 0.25) is 0 Å². The molecule has 2 atom stereocenters. The molecule has 3 aromatic rings. The first-order valence-corrected chi connectivity index (χ1v) is 12.8.